The number of fused-ring (bicyclic) bond motifs is 1. The number of rotatable bonds is 2. The highest BCUT2D eigenvalue weighted by Gasteiger charge is 2.38. The summed E-state index contributed by atoms with van der Waals surface area (Å²) in [6.07, 6.45) is 1.07. The van der Waals surface area contributed by atoms with Crippen molar-refractivity contribution in [3.05, 3.63) is 59.1 Å². The molecule has 0 spiro atoms. The Morgan fingerprint density at radius 3 is 2.62 bits per heavy atom. The Balaban J connectivity index is 1.98. The molecule has 4 rings (SSSR count). The van der Waals surface area contributed by atoms with Gasteiger partial charge in [0.2, 0.25) is 0 Å². The van der Waals surface area contributed by atoms with Gasteiger partial charge in [0.05, 0.1) is 16.8 Å². The van der Waals surface area contributed by atoms with Crippen molar-refractivity contribution in [2.75, 3.05) is 0 Å². The average molecular weight is 420 g/mol. The molecule has 4 aromatic heterocycles. The largest absolute Gasteiger partial charge is 0.419 e. The summed E-state index contributed by atoms with van der Waals surface area (Å²) in [5, 5.41) is 0. The summed E-state index contributed by atoms with van der Waals surface area (Å²) in [6.45, 7) is 0. The standard InChI is InChI=1S/C17H9BrF3N5/c18-10-6-12-16(24-8-10)26-15(25-12)11-3-5-23-14(13(11)17(19,20)21)9-2-1-4-22-7-9/h1-8H,(H,24,25,26). The number of nitrogens with one attached hydrogen (secondary N) is 1. The van der Waals surface area contributed by atoms with Gasteiger partial charge in [0.15, 0.2) is 5.65 Å². The van der Waals surface area contributed by atoms with E-state index in [1.54, 1.807) is 12.1 Å². The number of imidazole rings is 1. The summed E-state index contributed by atoms with van der Waals surface area (Å²) in [5.74, 6) is 0.0745. The fraction of sp³-hybridized carbons (Fsp3) is 0.0588. The molecule has 5 nitrogen and oxygen atoms in total. The molecule has 0 unspecified atom stereocenters. The van der Waals surface area contributed by atoms with Crippen LogP contribution in [0.3, 0.4) is 0 Å². The second-order valence-electron chi connectivity index (χ2n) is 5.43. The lowest BCUT2D eigenvalue weighted by molar-refractivity contribution is -0.136. The average Bonchev–Trinajstić information content (AvgIpc) is 3.04. The minimum atomic E-state index is -4.62. The molecule has 0 aliphatic heterocycles. The number of H-pyrrole nitrogens is 1. The van der Waals surface area contributed by atoms with Crippen LogP contribution in [0.2, 0.25) is 0 Å². The van der Waals surface area contributed by atoms with E-state index in [9.17, 15) is 13.2 Å². The maximum atomic E-state index is 13.9. The quantitative estimate of drug-likeness (QED) is 0.503. The molecule has 9 heteroatoms. The Bertz CT molecular complexity index is 1090. The van der Waals surface area contributed by atoms with Crippen LogP contribution in [0, 0.1) is 0 Å². The first-order valence-electron chi connectivity index (χ1n) is 7.42. The van der Waals surface area contributed by atoms with Gasteiger partial charge < -0.3 is 4.98 Å². The van der Waals surface area contributed by atoms with Crippen LogP contribution >= 0.6 is 15.9 Å². The Morgan fingerprint density at radius 1 is 1.04 bits per heavy atom. The van der Waals surface area contributed by atoms with Gasteiger partial charge in [-0.05, 0) is 40.2 Å². The second-order valence-corrected chi connectivity index (χ2v) is 6.35. The van der Waals surface area contributed by atoms with Gasteiger partial charge >= 0.3 is 6.18 Å². The molecule has 130 valence electrons. The molecule has 4 heterocycles. The maximum Gasteiger partial charge on any atom is 0.419 e. The predicted molar refractivity (Wildman–Crippen MR) is 93.1 cm³/mol. The van der Waals surface area contributed by atoms with Crippen LogP contribution in [0.25, 0.3) is 33.8 Å². The molecule has 26 heavy (non-hydrogen) atoms. The van der Waals surface area contributed by atoms with Crippen molar-refractivity contribution in [3.8, 4) is 22.6 Å². The highest BCUT2D eigenvalue weighted by Crippen LogP contribution is 2.41. The van der Waals surface area contributed by atoms with Gasteiger partial charge in [0.25, 0.3) is 0 Å². The molecule has 0 atom stereocenters. The van der Waals surface area contributed by atoms with Crippen molar-refractivity contribution < 1.29 is 13.2 Å². The first-order chi connectivity index (χ1) is 12.4. The van der Waals surface area contributed by atoms with Gasteiger partial charge in [-0.15, -0.1) is 0 Å². The number of alkyl halides is 3. The smallest absolute Gasteiger partial charge is 0.337 e. The highest BCUT2D eigenvalue weighted by molar-refractivity contribution is 9.10. The van der Waals surface area contributed by atoms with Crippen LogP contribution in [-0.2, 0) is 6.18 Å². The highest BCUT2D eigenvalue weighted by atomic mass is 79.9. The molecule has 0 aliphatic rings. The zero-order valence-corrected chi connectivity index (χ0v) is 14.5. The van der Waals surface area contributed by atoms with E-state index >= 15 is 0 Å². The molecular formula is C17H9BrF3N5. The third kappa shape index (κ3) is 2.94. The molecule has 0 saturated carbocycles. The van der Waals surface area contributed by atoms with E-state index in [0.29, 0.717) is 15.6 Å². The maximum absolute atomic E-state index is 13.9. The lowest BCUT2D eigenvalue weighted by atomic mass is 10.0. The Labute approximate surface area is 153 Å². The van der Waals surface area contributed by atoms with E-state index in [0.717, 1.165) is 0 Å². The van der Waals surface area contributed by atoms with E-state index in [2.05, 4.69) is 40.8 Å². The first-order valence-corrected chi connectivity index (χ1v) is 8.21. The molecule has 0 saturated heterocycles. The lowest BCUT2D eigenvalue weighted by Gasteiger charge is -2.15. The van der Waals surface area contributed by atoms with E-state index in [-0.39, 0.29) is 22.6 Å². The lowest BCUT2D eigenvalue weighted by Crippen LogP contribution is -2.11. The second kappa shape index (κ2) is 6.17. The minimum Gasteiger partial charge on any atom is -0.337 e. The summed E-state index contributed by atoms with van der Waals surface area (Å²) in [6, 6.07) is 6.09. The fourth-order valence-electron chi connectivity index (χ4n) is 2.67. The van der Waals surface area contributed by atoms with Gasteiger partial charge in [-0.2, -0.15) is 13.2 Å². The van der Waals surface area contributed by atoms with E-state index in [1.165, 1.54) is 36.9 Å². The molecule has 1 N–H and O–H groups in total. The molecular weight excluding hydrogens is 411 g/mol. The SMILES string of the molecule is FC(F)(F)c1c(-c2nc3ncc(Br)cc3[nH]2)ccnc1-c1cccnc1. The molecule has 0 aliphatic carbocycles. The Hall–Kier alpha value is -2.81. The number of halogens is 4. The summed E-state index contributed by atoms with van der Waals surface area (Å²) >= 11 is 3.28. The molecule has 4 aromatic rings. The predicted octanol–water partition coefficient (Wildman–Crippen LogP) is 4.86. The van der Waals surface area contributed by atoms with Crippen LogP contribution in [0.4, 0.5) is 13.2 Å². The van der Waals surface area contributed by atoms with Crippen molar-refractivity contribution in [1.29, 1.82) is 0 Å². The van der Waals surface area contributed by atoms with Crippen LogP contribution < -0.4 is 0 Å². The molecule has 0 amide bonds. The van der Waals surface area contributed by atoms with Crippen LogP contribution in [-0.4, -0.2) is 24.9 Å². The molecule has 0 radical (unpaired) electrons. The van der Waals surface area contributed by atoms with Gasteiger partial charge in [-0.1, -0.05) is 0 Å². The number of aromatic nitrogens is 5. The number of pyridine rings is 3. The van der Waals surface area contributed by atoms with Crippen LogP contribution in [0.15, 0.2) is 53.5 Å². The van der Waals surface area contributed by atoms with E-state index in [1.807, 2.05) is 0 Å². The number of hydrogen-bond donors (Lipinski definition) is 1. The Morgan fingerprint density at radius 2 is 1.88 bits per heavy atom. The third-order valence-corrected chi connectivity index (χ3v) is 4.16. The Kier molecular flexibility index (Phi) is 3.95. The first kappa shape index (κ1) is 16.6. The minimum absolute atomic E-state index is 0.0745. The van der Waals surface area contributed by atoms with Crippen LogP contribution in [0.1, 0.15) is 5.56 Å². The van der Waals surface area contributed by atoms with Gasteiger partial charge in [0.1, 0.15) is 5.82 Å². The van der Waals surface area contributed by atoms with Crippen molar-refractivity contribution in [2.24, 2.45) is 0 Å². The summed E-state index contributed by atoms with van der Waals surface area (Å²) in [4.78, 5) is 19.0. The molecule has 0 fully saturated rings. The van der Waals surface area contributed by atoms with Crippen molar-refractivity contribution in [2.45, 2.75) is 6.18 Å². The van der Waals surface area contributed by atoms with Gasteiger partial charge in [-0.3, -0.25) is 9.97 Å². The summed E-state index contributed by atoms with van der Waals surface area (Å²) in [7, 11) is 0. The van der Waals surface area contributed by atoms with Gasteiger partial charge in [0, 0.05) is 40.4 Å². The van der Waals surface area contributed by atoms with E-state index < -0.39 is 11.7 Å². The topological polar surface area (TPSA) is 67.3 Å². The molecule has 0 aromatic carbocycles. The summed E-state index contributed by atoms with van der Waals surface area (Å²) in [5.41, 5.74) is -0.0266. The number of hydrogen-bond acceptors (Lipinski definition) is 4. The molecule has 0 bridgehead atoms. The van der Waals surface area contributed by atoms with Crippen molar-refractivity contribution in [1.82, 2.24) is 24.9 Å². The summed E-state index contributed by atoms with van der Waals surface area (Å²) < 4.78 is 42.3. The van der Waals surface area contributed by atoms with Crippen molar-refractivity contribution >= 4 is 27.1 Å². The van der Waals surface area contributed by atoms with Crippen LogP contribution in [0.5, 0.6) is 0 Å². The third-order valence-electron chi connectivity index (χ3n) is 3.73. The normalized spacial score (nSPS) is 11.8. The number of nitrogens with zero attached hydrogens (tertiary/aromatic N) is 4. The van der Waals surface area contributed by atoms with Gasteiger partial charge in [-0.25, -0.2) is 9.97 Å². The fourth-order valence-corrected chi connectivity index (χ4v) is 3.00. The van der Waals surface area contributed by atoms with E-state index in [4.69, 9.17) is 0 Å². The monoisotopic (exact) mass is 419 g/mol. The number of aromatic amines is 1. The van der Waals surface area contributed by atoms with Crippen molar-refractivity contribution in [3.63, 3.8) is 0 Å². The zero-order valence-electron chi connectivity index (χ0n) is 12.9. The zero-order chi connectivity index (χ0) is 18.3.